The van der Waals surface area contributed by atoms with Crippen molar-refractivity contribution in [2.45, 2.75) is 9.99 Å². The Labute approximate surface area is 167 Å². The third-order valence-electron chi connectivity index (χ3n) is 3.62. The molecule has 1 aromatic heterocycles. The van der Waals surface area contributed by atoms with E-state index < -0.39 is 0 Å². The molecule has 3 aromatic rings. The first-order valence-electron chi connectivity index (χ1n) is 8.15. The molecule has 138 valence electrons. The smallest absolute Gasteiger partial charge is 0.271 e. The summed E-state index contributed by atoms with van der Waals surface area (Å²) in [6.45, 7) is 0. The highest BCUT2D eigenvalue weighted by Gasteiger charge is 2.06. The first-order chi connectivity index (χ1) is 13.0. The van der Waals surface area contributed by atoms with Crippen LogP contribution >= 0.6 is 23.4 Å². The molecule has 3 rings (SSSR count). The van der Waals surface area contributed by atoms with Crippen LogP contribution in [0.25, 0.3) is 0 Å². The molecule has 0 fully saturated rings. The fraction of sp³-hybridized carbons (Fsp3) is 0.100. The second-order valence-corrected chi connectivity index (χ2v) is 7.37. The number of furan rings is 1. The van der Waals surface area contributed by atoms with Gasteiger partial charge in [-0.15, -0.1) is 0 Å². The predicted molar refractivity (Wildman–Crippen MR) is 110 cm³/mol. The van der Waals surface area contributed by atoms with Crippen LogP contribution < -0.4 is 10.3 Å². The average Bonchev–Trinajstić information content (AvgIpc) is 3.11. The molecule has 0 aliphatic heterocycles. The second-order valence-electron chi connectivity index (χ2n) is 5.86. The monoisotopic (exact) mass is 399 g/mol. The van der Waals surface area contributed by atoms with Crippen molar-refractivity contribution in [3.05, 3.63) is 77.0 Å². The summed E-state index contributed by atoms with van der Waals surface area (Å²) in [4.78, 5) is 15.1. The van der Waals surface area contributed by atoms with Crippen molar-refractivity contribution in [2.75, 3.05) is 19.0 Å². The molecule has 0 saturated carbocycles. The molecule has 1 N–H and O–H groups in total. The minimum absolute atomic E-state index is 0.280. The number of halogens is 1. The summed E-state index contributed by atoms with van der Waals surface area (Å²) in [7, 11) is 3.84. The van der Waals surface area contributed by atoms with Crippen LogP contribution in [0.15, 0.2) is 80.2 Å². The molecule has 27 heavy (non-hydrogen) atoms. The van der Waals surface area contributed by atoms with Gasteiger partial charge in [-0.1, -0.05) is 29.4 Å². The summed E-state index contributed by atoms with van der Waals surface area (Å²) in [5.41, 5.74) is 3.99. The molecule has 0 aliphatic rings. The molecule has 0 aliphatic carbocycles. The molecule has 1 heterocycles. The summed E-state index contributed by atoms with van der Waals surface area (Å²) >= 11 is 7.36. The topological polar surface area (TPSA) is 57.8 Å². The Bertz CT molecular complexity index is 952. The van der Waals surface area contributed by atoms with Gasteiger partial charge in [-0.3, -0.25) is 4.79 Å². The molecule has 0 spiro atoms. The second kappa shape index (κ2) is 8.79. The Kier molecular flexibility index (Phi) is 6.21. The first-order valence-corrected chi connectivity index (χ1v) is 9.35. The zero-order chi connectivity index (χ0) is 19.2. The number of rotatable bonds is 6. The Hall–Kier alpha value is -2.70. The molecule has 0 atom stereocenters. The lowest BCUT2D eigenvalue weighted by Crippen LogP contribution is -2.18. The lowest BCUT2D eigenvalue weighted by Gasteiger charge is -2.12. The number of carbonyl (C=O) groups excluding carboxylic acids is 1. The third kappa shape index (κ3) is 5.39. The standard InChI is InChI=1S/C20H18ClN3O2S/c1-24(2)16-5-3-4-14(12-16)20(25)23-22-13-17-8-11-19(26-17)27-18-9-6-15(21)7-10-18/h3-13H,1-2H3,(H,23,25)/b22-13+. The van der Waals surface area contributed by atoms with Crippen molar-refractivity contribution in [1.29, 1.82) is 0 Å². The van der Waals surface area contributed by atoms with Gasteiger partial charge in [0, 0.05) is 35.3 Å². The number of carbonyl (C=O) groups is 1. The van der Waals surface area contributed by atoms with Crippen LogP contribution in [0.2, 0.25) is 5.02 Å². The highest BCUT2D eigenvalue weighted by molar-refractivity contribution is 7.99. The van der Waals surface area contributed by atoms with E-state index in [2.05, 4.69) is 10.5 Å². The number of amides is 1. The average molecular weight is 400 g/mol. The fourth-order valence-corrected chi connectivity index (χ4v) is 3.13. The van der Waals surface area contributed by atoms with Crippen LogP contribution in [0.3, 0.4) is 0 Å². The number of anilines is 1. The Balaban J connectivity index is 1.58. The van der Waals surface area contributed by atoms with Crippen molar-refractivity contribution in [2.24, 2.45) is 5.10 Å². The van der Waals surface area contributed by atoms with Gasteiger partial charge in [0.25, 0.3) is 5.91 Å². The van der Waals surface area contributed by atoms with E-state index in [4.69, 9.17) is 16.0 Å². The lowest BCUT2D eigenvalue weighted by molar-refractivity contribution is 0.0955. The van der Waals surface area contributed by atoms with Crippen molar-refractivity contribution >= 4 is 41.2 Å². The fourth-order valence-electron chi connectivity index (χ4n) is 2.22. The molecule has 5 nitrogen and oxygen atoms in total. The van der Waals surface area contributed by atoms with E-state index in [-0.39, 0.29) is 5.91 Å². The molecule has 0 radical (unpaired) electrons. The van der Waals surface area contributed by atoms with E-state index in [1.165, 1.54) is 18.0 Å². The van der Waals surface area contributed by atoms with E-state index in [9.17, 15) is 4.79 Å². The summed E-state index contributed by atoms with van der Waals surface area (Å²) in [6, 6.07) is 18.5. The van der Waals surface area contributed by atoms with Gasteiger partial charge in [-0.2, -0.15) is 5.10 Å². The molecule has 0 unspecified atom stereocenters. The maximum Gasteiger partial charge on any atom is 0.271 e. The zero-order valence-electron chi connectivity index (χ0n) is 14.8. The molecule has 1 amide bonds. The van der Waals surface area contributed by atoms with Crippen LogP contribution in [0.4, 0.5) is 5.69 Å². The Morgan fingerprint density at radius 2 is 1.93 bits per heavy atom. The number of nitrogens with zero attached hydrogens (tertiary/aromatic N) is 2. The predicted octanol–water partition coefficient (Wildman–Crippen LogP) is 4.91. The number of nitrogens with one attached hydrogen (secondary N) is 1. The van der Waals surface area contributed by atoms with Gasteiger partial charge < -0.3 is 9.32 Å². The van der Waals surface area contributed by atoms with E-state index >= 15 is 0 Å². The van der Waals surface area contributed by atoms with Gasteiger partial charge in [-0.05, 0) is 54.6 Å². The molecule has 7 heteroatoms. The quantitative estimate of drug-likeness (QED) is 0.472. The van der Waals surface area contributed by atoms with Crippen molar-refractivity contribution in [3.63, 3.8) is 0 Å². The van der Waals surface area contributed by atoms with Crippen LogP contribution in [0, 0.1) is 0 Å². The van der Waals surface area contributed by atoms with Gasteiger partial charge >= 0.3 is 0 Å². The minimum Gasteiger partial charge on any atom is -0.448 e. The number of hydrazone groups is 1. The summed E-state index contributed by atoms with van der Waals surface area (Å²) in [6.07, 6.45) is 1.47. The Morgan fingerprint density at radius 3 is 2.67 bits per heavy atom. The number of hydrogen-bond donors (Lipinski definition) is 1. The molecule has 0 bridgehead atoms. The van der Waals surface area contributed by atoms with Crippen LogP contribution in [-0.4, -0.2) is 26.2 Å². The van der Waals surface area contributed by atoms with Crippen LogP contribution in [-0.2, 0) is 0 Å². The zero-order valence-corrected chi connectivity index (χ0v) is 16.4. The first kappa shape index (κ1) is 19.1. The summed E-state index contributed by atoms with van der Waals surface area (Å²) in [5, 5.41) is 5.38. The normalized spacial score (nSPS) is 10.9. The SMILES string of the molecule is CN(C)c1cccc(C(=O)N/N=C/c2ccc(Sc3ccc(Cl)cc3)o2)c1. The van der Waals surface area contributed by atoms with Gasteiger partial charge in [0.2, 0.25) is 0 Å². The maximum atomic E-state index is 12.2. The van der Waals surface area contributed by atoms with Crippen molar-refractivity contribution in [3.8, 4) is 0 Å². The van der Waals surface area contributed by atoms with Crippen molar-refractivity contribution < 1.29 is 9.21 Å². The van der Waals surface area contributed by atoms with Gasteiger partial charge in [0.15, 0.2) is 5.09 Å². The van der Waals surface area contributed by atoms with Crippen LogP contribution in [0.1, 0.15) is 16.1 Å². The molecular formula is C20H18ClN3O2S. The maximum absolute atomic E-state index is 12.2. The number of hydrogen-bond acceptors (Lipinski definition) is 5. The van der Waals surface area contributed by atoms with E-state index in [1.807, 2.05) is 61.5 Å². The largest absolute Gasteiger partial charge is 0.448 e. The highest BCUT2D eigenvalue weighted by Crippen LogP contribution is 2.29. The van der Waals surface area contributed by atoms with E-state index in [0.717, 1.165) is 15.7 Å². The Morgan fingerprint density at radius 1 is 1.15 bits per heavy atom. The number of benzene rings is 2. The van der Waals surface area contributed by atoms with Crippen molar-refractivity contribution in [1.82, 2.24) is 5.43 Å². The van der Waals surface area contributed by atoms with E-state index in [0.29, 0.717) is 16.3 Å². The lowest BCUT2D eigenvalue weighted by atomic mass is 10.2. The third-order valence-corrected chi connectivity index (χ3v) is 4.80. The molecular weight excluding hydrogens is 382 g/mol. The molecule has 2 aromatic carbocycles. The van der Waals surface area contributed by atoms with E-state index in [1.54, 1.807) is 18.2 Å². The van der Waals surface area contributed by atoms with Gasteiger partial charge in [0.1, 0.15) is 5.76 Å². The summed E-state index contributed by atoms with van der Waals surface area (Å²) < 4.78 is 5.68. The molecule has 0 saturated heterocycles. The summed E-state index contributed by atoms with van der Waals surface area (Å²) in [5.74, 6) is 0.270. The minimum atomic E-state index is -0.280. The van der Waals surface area contributed by atoms with Gasteiger partial charge in [-0.25, -0.2) is 5.43 Å². The van der Waals surface area contributed by atoms with Gasteiger partial charge in [0.05, 0.1) is 6.21 Å². The highest BCUT2D eigenvalue weighted by atomic mass is 35.5. The van der Waals surface area contributed by atoms with Crippen LogP contribution in [0.5, 0.6) is 0 Å².